The Balaban J connectivity index is 2.03. The fourth-order valence-corrected chi connectivity index (χ4v) is 5.70. The zero-order valence-electron chi connectivity index (χ0n) is 23.4. The van der Waals surface area contributed by atoms with Crippen molar-refractivity contribution in [2.75, 3.05) is 24.5 Å². The molecule has 0 aliphatic rings. The van der Waals surface area contributed by atoms with Crippen molar-refractivity contribution >= 4 is 39.1 Å². The van der Waals surface area contributed by atoms with Crippen molar-refractivity contribution in [3.05, 3.63) is 88.9 Å². The number of sulfonamides is 1. The van der Waals surface area contributed by atoms with Crippen LogP contribution >= 0.6 is 11.6 Å². The lowest BCUT2D eigenvalue weighted by atomic mass is 10.1. The van der Waals surface area contributed by atoms with E-state index in [9.17, 15) is 18.0 Å². The van der Waals surface area contributed by atoms with Crippen LogP contribution in [0.2, 0.25) is 5.02 Å². The van der Waals surface area contributed by atoms with Crippen LogP contribution in [0.1, 0.15) is 31.9 Å². The van der Waals surface area contributed by atoms with Crippen molar-refractivity contribution in [1.29, 1.82) is 0 Å². The van der Waals surface area contributed by atoms with Gasteiger partial charge in [-0.3, -0.25) is 13.9 Å². The number of nitrogens with zero attached hydrogens (tertiary/aromatic N) is 2. The number of carbonyl (C=O) groups excluding carboxylic acids is 2. The number of aryl methyl sites for hydroxylation is 1. The first-order valence-corrected chi connectivity index (χ1v) is 14.8. The number of ether oxygens (including phenoxy) is 1. The molecule has 0 radical (unpaired) electrons. The molecule has 1 atom stereocenters. The zero-order valence-corrected chi connectivity index (χ0v) is 25.0. The predicted molar refractivity (Wildman–Crippen MR) is 158 cm³/mol. The molecule has 8 nitrogen and oxygen atoms in total. The second-order valence-corrected chi connectivity index (χ2v) is 12.2. The number of nitrogens with one attached hydrogen (secondary N) is 1. The van der Waals surface area contributed by atoms with Crippen LogP contribution in [0.4, 0.5) is 5.69 Å². The second-order valence-electron chi connectivity index (χ2n) is 9.94. The molecule has 0 aliphatic carbocycles. The van der Waals surface area contributed by atoms with Crippen LogP contribution in [0, 0.1) is 12.8 Å². The van der Waals surface area contributed by atoms with Gasteiger partial charge < -0.3 is 15.0 Å². The van der Waals surface area contributed by atoms with Crippen molar-refractivity contribution in [3.63, 3.8) is 0 Å². The molecule has 3 aromatic rings. The molecule has 3 aromatic carbocycles. The van der Waals surface area contributed by atoms with E-state index in [-0.39, 0.29) is 29.0 Å². The van der Waals surface area contributed by atoms with E-state index in [0.29, 0.717) is 22.9 Å². The number of carbonyl (C=O) groups is 2. The van der Waals surface area contributed by atoms with Crippen molar-refractivity contribution in [3.8, 4) is 5.75 Å². The lowest BCUT2D eigenvalue weighted by molar-refractivity contribution is -0.139. The van der Waals surface area contributed by atoms with Gasteiger partial charge in [0, 0.05) is 18.1 Å². The maximum atomic E-state index is 14.0. The second kappa shape index (κ2) is 13.7. The third-order valence-electron chi connectivity index (χ3n) is 6.41. The van der Waals surface area contributed by atoms with Crippen LogP contribution in [0.15, 0.2) is 77.7 Å². The Morgan fingerprint density at radius 1 is 0.975 bits per heavy atom. The zero-order chi connectivity index (χ0) is 29.4. The average molecular weight is 586 g/mol. The van der Waals surface area contributed by atoms with Crippen LogP contribution in [0.25, 0.3) is 0 Å². The molecule has 0 saturated heterocycles. The first kappa shape index (κ1) is 31.0. The summed E-state index contributed by atoms with van der Waals surface area (Å²) in [7, 11) is -2.60. The number of hydrogen-bond acceptors (Lipinski definition) is 5. The summed E-state index contributed by atoms with van der Waals surface area (Å²) in [6.45, 7) is 7.35. The van der Waals surface area contributed by atoms with Crippen LogP contribution in [0.3, 0.4) is 0 Å². The largest absolute Gasteiger partial charge is 0.497 e. The maximum Gasteiger partial charge on any atom is 0.264 e. The van der Waals surface area contributed by atoms with E-state index in [4.69, 9.17) is 16.3 Å². The van der Waals surface area contributed by atoms with Crippen LogP contribution in [0.5, 0.6) is 5.75 Å². The van der Waals surface area contributed by atoms with Crippen molar-refractivity contribution in [2.24, 2.45) is 5.92 Å². The van der Waals surface area contributed by atoms with E-state index in [1.54, 1.807) is 75.6 Å². The van der Waals surface area contributed by atoms with Gasteiger partial charge in [0.2, 0.25) is 11.8 Å². The average Bonchev–Trinajstić information content (AvgIpc) is 2.94. The molecule has 40 heavy (non-hydrogen) atoms. The van der Waals surface area contributed by atoms with Crippen LogP contribution in [-0.4, -0.2) is 51.4 Å². The molecule has 0 bridgehead atoms. The monoisotopic (exact) mass is 585 g/mol. The van der Waals surface area contributed by atoms with E-state index < -0.39 is 28.5 Å². The fourth-order valence-electron chi connectivity index (χ4n) is 4.05. The van der Waals surface area contributed by atoms with Gasteiger partial charge in [-0.2, -0.15) is 0 Å². The van der Waals surface area contributed by atoms with Gasteiger partial charge in [-0.25, -0.2) is 8.42 Å². The standard InChI is InChI=1S/C30H36ClN3O5S/c1-21(2)18-32-30(36)23(4)33(19-24-12-15-26(39-5)16-13-24)29(35)20-34(28-17-25(31)14-11-22(28)3)40(37,38)27-9-7-6-8-10-27/h6-17,21,23H,18-20H2,1-5H3,(H,32,36)/t23-/m1/s1. The Hall–Kier alpha value is -3.56. The molecule has 0 aromatic heterocycles. The minimum absolute atomic E-state index is 0.0339. The van der Waals surface area contributed by atoms with Crippen LogP contribution in [-0.2, 0) is 26.2 Å². The topological polar surface area (TPSA) is 96.0 Å². The van der Waals surface area contributed by atoms with E-state index in [1.165, 1.54) is 23.1 Å². The van der Waals surface area contributed by atoms with Gasteiger partial charge in [0.15, 0.2) is 0 Å². The SMILES string of the molecule is COc1ccc(CN(C(=O)CN(c2cc(Cl)ccc2C)S(=O)(=O)c2ccccc2)[C@H](C)C(=O)NCC(C)C)cc1. The van der Waals surface area contributed by atoms with Gasteiger partial charge in [-0.05, 0) is 67.3 Å². The first-order valence-electron chi connectivity index (χ1n) is 13.0. The molecule has 0 saturated carbocycles. The van der Waals surface area contributed by atoms with E-state index in [1.807, 2.05) is 13.8 Å². The Morgan fingerprint density at radius 3 is 2.23 bits per heavy atom. The molecule has 214 valence electrons. The minimum atomic E-state index is -4.16. The number of rotatable bonds is 12. The number of benzene rings is 3. The molecule has 1 N–H and O–H groups in total. The summed E-state index contributed by atoms with van der Waals surface area (Å²) in [5.74, 6) is 0.00831. The summed E-state index contributed by atoms with van der Waals surface area (Å²) in [5, 5.41) is 3.21. The summed E-state index contributed by atoms with van der Waals surface area (Å²) in [6, 6.07) is 19.1. The highest BCUT2D eigenvalue weighted by Crippen LogP contribution is 2.30. The fraction of sp³-hybridized carbons (Fsp3) is 0.333. The van der Waals surface area contributed by atoms with Gasteiger partial charge in [-0.15, -0.1) is 0 Å². The number of amides is 2. The molecule has 0 spiro atoms. The highest BCUT2D eigenvalue weighted by atomic mass is 35.5. The molecular weight excluding hydrogens is 550 g/mol. The predicted octanol–water partition coefficient (Wildman–Crippen LogP) is 5.04. The van der Waals surface area contributed by atoms with E-state index >= 15 is 0 Å². The highest BCUT2D eigenvalue weighted by Gasteiger charge is 2.33. The molecule has 0 heterocycles. The summed E-state index contributed by atoms with van der Waals surface area (Å²) in [6.07, 6.45) is 0. The van der Waals surface area contributed by atoms with Crippen molar-refractivity contribution < 1.29 is 22.7 Å². The van der Waals surface area contributed by atoms with Crippen LogP contribution < -0.4 is 14.4 Å². The molecular formula is C30H36ClN3O5S. The maximum absolute atomic E-state index is 14.0. The van der Waals surface area contributed by atoms with Gasteiger partial charge in [0.25, 0.3) is 10.0 Å². The van der Waals surface area contributed by atoms with Crippen molar-refractivity contribution in [1.82, 2.24) is 10.2 Å². The Morgan fingerprint density at radius 2 is 1.62 bits per heavy atom. The van der Waals surface area contributed by atoms with E-state index in [2.05, 4.69) is 5.32 Å². The summed E-state index contributed by atoms with van der Waals surface area (Å²) in [5.41, 5.74) is 1.67. The number of hydrogen-bond donors (Lipinski definition) is 1. The number of anilines is 1. The lowest BCUT2D eigenvalue weighted by Gasteiger charge is -2.32. The third-order valence-corrected chi connectivity index (χ3v) is 8.42. The van der Waals surface area contributed by atoms with Gasteiger partial charge in [0.1, 0.15) is 18.3 Å². The molecule has 2 amide bonds. The molecule has 0 fully saturated rings. The van der Waals surface area contributed by atoms with Gasteiger partial charge in [0.05, 0.1) is 17.7 Å². The highest BCUT2D eigenvalue weighted by molar-refractivity contribution is 7.92. The summed E-state index contributed by atoms with van der Waals surface area (Å²) >= 11 is 6.26. The Kier molecular flexibility index (Phi) is 10.6. The Labute approximate surface area is 241 Å². The number of methoxy groups -OCH3 is 1. The first-order chi connectivity index (χ1) is 18.9. The van der Waals surface area contributed by atoms with Gasteiger partial charge in [-0.1, -0.05) is 61.8 Å². The molecule has 0 aliphatic heterocycles. The summed E-state index contributed by atoms with van der Waals surface area (Å²) in [4.78, 5) is 28.5. The van der Waals surface area contributed by atoms with Gasteiger partial charge >= 0.3 is 0 Å². The Bertz CT molecular complexity index is 1410. The lowest BCUT2D eigenvalue weighted by Crippen LogP contribution is -2.51. The molecule has 3 rings (SSSR count). The summed E-state index contributed by atoms with van der Waals surface area (Å²) < 4.78 is 34.1. The van der Waals surface area contributed by atoms with E-state index in [0.717, 1.165) is 9.87 Å². The third kappa shape index (κ3) is 7.76. The normalized spacial score (nSPS) is 12.1. The number of halogens is 1. The molecule has 10 heteroatoms. The smallest absolute Gasteiger partial charge is 0.264 e. The molecule has 0 unspecified atom stereocenters. The van der Waals surface area contributed by atoms with Crippen molar-refractivity contribution in [2.45, 2.75) is 45.2 Å². The minimum Gasteiger partial charge on any atom is -0.497 e. The quantitative estimate of drug-likeness (QED) is 0.321.